The second-order valence-electron chi connectivity index (χ2n) is 12.8. The van der Waals surface area contributed by atoms with Crippen LogP contribution in [0.2, 0.25) is 5.02 Å². The summed E-state index contributed by atoms with van der Waals surface area (Å²) in [4.78, 5) is 45.0. The first-order chi connectivity index (χ1) is 26.0. The third-order valence-electron chi connectivity index (χ3n) is 9.56. The highest BCUT2D eigenvalue weighted by Crippen LogP contribution is 2.36. The van der Waals surface area contributed by atoms with Crippen molar-refractivity contribution >= 4 is 65.8 Å². The van der Waals surface area contributed by atoms with Gasteiger partial charge in [0.2, 0.25) is 10.0 Å². The summed E-state index contributed by atoms with van der Waals surface area (Å²) in [5.74, 6) is 6.13. The molecule has 1 aliphatic heterocycles. The first-order valence-electron chi connectivity index (χ1n) is 17.5. The van der Waals surface area contributed by atoms with Gasteiger partial charge in [0.05, 0.1) is 51.9 Å². The van der Waals surface area contributed by atoms with Gasteiger partial charge in [-0.15, -0.1) is 11.3 Å². The van der Waals surface area contributed by atoms with Crippen molar-refractivity contribution in [2.24, 2.45) is 0 Å². The van der Waals surface area contributed by atoms with Gasteiger partial charge in [-0.05, 0) is 64.3 Å². The van der Waals surface area contributed by atoms with E-state index >= 15 is 0 Å². The van der Waals surface area contributed by atoms with Crippen LogP contribution in [0.3, 0.4) is 0 Å². The minimum Gasteiger partial charge on any atom is -0.353 e. The summed E-state index contributed by atoms with van der Waals surface area (Å²) in [6, 6.07) is 9.35. The van der Waals surface area contributed by atoms with E-state index in [2.05, 4.69) is 47.4 Å². The van der Waals surface area contributed by atoms with Crippen LogP contribution in [0, 0.1) is 30.1 Å². The number of carbonyl (C=O) groups is 1. The summed E-state index contributed by atoms with van der Waals surface area (Å²) in [6.07, 6.45) is 5.26. The van der Waals surface area contributed by atoms with Crippen LogP contribution in [0.5, 0.6) is 0 Å². The molecule has 0 spiro atoms. The highest BCUT2D eigenvalue weighted by atomic mass is 35.5. The molecule has 16 heteroatoms. The maximum atomic E-state index is 14.1. The molecule has 0 atom stereocenters. The molecule has 1 fully saturated rings. The lowest BCUT2D eigenvalue weighted by Gasteiger charge is -2.39. The molecule has 0 saturated carbocycles. The SMILES string of the molecule is CCN(c1ncc2nc(C)n(CC#Cc3ccc(Cl)cc3-c3ccnc4c(C(=O)NS(=O)(=O)CC)csc34)c(=O)c2c1C#N)C1CCN(CCCF)CC1. The second kappa shape index (κ2) is 16.6. The zero-order valence-electron chi connectivity index (χ0n) is 30.0. The number of aromatic nitrogens is 4. The van der Waals surface area contributed by atoms with Gasteiger partial charge in [0, 0.05) is 65.5 Å². The first kappa shape index (κ1) is 38.8. The summed E-state index contributed by atoms with van der Waals surface area (Å²) in [6.45, 7) is 7.74. The molecule has 1 N–H and O–H groups in total. The van der Waals surface area contributed by atoms with Crippen LogP contribution in [0.1, 0.15) is 60.4 Å². The number of aryl methyl sites for hydroxylation is 1. The lowest BCUT2D eigenvalue weighted by atomic mass is 10.00. The molecule has 0 radical (unpaired) electrons. The van der Waals surface area contributed by atoms with E-state index in [9.17, 15) is 27.7 Å². The Hall–Kier alpha value is -4.93. The molecular weight excluding hydrogens is 751 g/mol. The Morgan fingerprint density at radius 2 is 1.96 bits per heavy atom. The number of anilines is 1. The molecule has 0 aliphatic carbocycles. The van der Waals surface area contributed by atoms with Crippen LogP contribution in [0.4, 0.5) is 10.2 Å². The quantitative estimate of drug-likeness (QED) is 0.165. The number of alkyl halides is 1. The molecule has 6 rings (SSSR count). The fourth-order valence-electron chi connectivity index (χ4n) is 6.77. The Balaban J connectivity index is 1.33. The number of nitrogens with zero attached hydrogens (tertiary/aromatic N) is 7. The number of pyridine rings is 2. The number of carbonyl (C=O) groups excluding carboxylic acids is 1. The molecule has 1 amide bonds. The van der Waals surface area contributed by atoms with Gasteiger partial charge in [-0.25, -0.2) is 23.1 Å². The Kier molecular flexibility index (Phi) is 11.9. The molecule has 54 heavy (non-hydrogen) atoms. The number of amides is 1. The lowest BCUT2D eigenvalue weighted by molar-refractivity contribution is 0.0983. The van der Waals surface area contributed by atoms with E-state index in [-0.39, 0.29) is 41.5 Å². The van der Waals surface area contributed by atoms with Gasteiger partial charge in [-0.3, -0.25) is 23.5 Å². The topological polar surface area (TPSA) is 154 Å². The highest BCUT2D eigenvalue weighted by Gasteiger charge is 2.28. The van der Waals surface area contributed by atoms with E-state index in [1.165, 1.54) is 29.0 Å². The molecule has 4 aromatic heterocycles. The van der Waals surface area contributed by atoms with Crippen LogP contribution < -0.4 is 15.2 Å². The smallest absolute Gasteiger partial charge is 0.267 e. The number of benzene rings is 1. The number of halogens is 2. The maximum Gasteiger partial charge on any atom is 0.267 e. The molecule has 1 aliphatic rings. The number of nitriles is 1. The van der Waals surface area contributed by atoms with Gasteiger partial charge in [0.1, 0.15) is 23.3 Å². The number of fused-ring (bicyclic) bond motifs is 2. The lowest BCUT2D eigenvalue weighted by Crippen LogP contribution is -2.46. The van der Waals surface area contributed by atoms with Crippen molar-refractivity contribution < 1.29 is 17.6 Å². The van der Waals surface area contributed by atoms with Gasteiger partial charge in [-0.1, -0.05) is 23.4 Å². The minimum absolute atomic E-state index is 0.0198. The normalized spacial score (nSPS) is 13.8. The minimum atomic E-state index is -3.78. The number of likely N-dealkylation sites (tertiary alicyclic amines) is 1. The van der Waals surface area contributed by atoms with Crippen LogP contribution >= 0.6 is 22.9 Å². The largest absolute Gasteiger partial charge is 0.353 e. The number of rotatable bonds is 11. The predicted molar refractivity (Wildman–Crippen MR) is 210 cm³/mol. The zero-order chi connectivity index (χ0) is 38.6. The summed E-state index contributed by atoms with van der Waals surface area (Å²) >= 11 is 7.69. The second-order valence-corrected chi connectivity index (χ2v) is 16.1. The van der Waals surface area contributed by atoms with Crippen molar-refractivity contribution in [2.75, 3.05) is 43.5 Å². The van der Waals surface area contributed by atoms with E-state index in [0.29, 0.717) is 62.1 Å². The standard InChI is InChI=1S/C38H38ClFN8O4S2/c1-4-47(27-12-18-46(19-13-27)16-7-14-40)36-30(21-41)33-32(22-43-36)44-24(3)48(38(33)50)17-6-8-25-9-10-26(39)20-29(25)28-11-15-42-34-31(23-53-35(28)34)37(49)45-54(51,52)5-2/h9-11,15,20,22-23,27H,4-5,7,12-14,16-19H2,1-3H3,(H,45,49). The Morgan fingerprint density at radius 1 is 1.19 bits per heavy atom. The van der Waals surface area contributed by atoms with Crippen molar-refractivity contribution in [3.05, 3.63) is 79.9 Å². The van der Waals surface area contributed by atoms with Crippen molar-refractivity contribution in [1.29, 1.82) is 5.26 Å². The third-order valence-corrected chi connectivity index (χ3v) is 12.1. The zero-order valence-corrected chi connectivity index (χ0v) is 32.4. The average Bonchev–Trinajstić information content (AvgIpc) is 3.61. The fourth-order valence-corrected chi connectivity index (χ4v) is 8.52. The molecule has 5 aromatic rings. The van der Waals surface area contributed by atoms with E-state index in [1.54, 1.807) is 42.8 Å². The molecule has 1 saturated heterocycles. The van der Waals surface area contributed by atoms with Crippen LogP contribution in [-0.2, 0) is 16.6 Å². The Labute approximate surface area is 321 Å². The Morgan fingerprint density at radius 3 is 2.67 bits per heavy atom. The summed E-state index contributed by atoms with van der Waals surface area (Å²) in [5.41, 5.74) is 2.53. The van der Waals surface area contributed by atoms with E-state index in [1.807, 2.05) is 6.92 Å². The summed E-state index contributed by atoms with van der Waals surface area (Å²) in [5, 5.41) is 12.6. The van der Waals surface area contributed by atoms with Crippen LogP contribution in [0.15, 0.2) is 46.8 Å². The van der Waals surface area contributed by atoms with Crippen LogP contribution in [-0.4, -0.2) is 83.4 Å². The maximum absolute atomic E-state index is 14.1. The predicted octanol–water partition coefficient (Wildman–Crippen LogP) is 5.68. The molecule has 12 nitrogen and oxygen atoms in total. The number of thiophene rings is 1. The van der Waals surface area contributed by atoms with Crippen molar-refractivity contribution in [3.63, 3.8) is 0 Å². The summed E-state index contributed by atoms with van der Waals surface area (Å²) < 4.78 is 41.0. The van der Waals surface area contributed by atoms with Gasteiger partial charge < -0.3 is 9.80 Å². The van der Waals surface area contributed by atoms with Gasteiger partial charge in [0.25, 0.3) is 11.5 Å². The molecule has 280 valence electrons. The van der Waals surface area contributed by atoms with E-state index in [4.69, 9.17) is 11.6 Å². The highest BCUT2D eigenvalue weighted by molar-refractivity contribution is 7.90. The van der Waals surface area contributed by atoms with Crippen molar-refractivity contribution in [1.82, 2.24) is 29.1 Å². The van der Waals surface area contributed by atoms with Crippen molar-refractivity contribution in [3.8, 4) is 29.0 Å². The number of piperidine rings is 1. The monoisotopic (exact) mass is 788 g/mol. The third kappa shape index (κ3) is 7.95. The number of hydrogen-bond acceptors (Lipinski definition) is 11. The summed E-state index contributed by atoms with van der Waals surface area (Å²) in [7, 11) is -3.78. The Bertz CT molecular complexity index is 2510. The number of sulfonamides is 1. The van der Waals surface area contributed by atoms with Gasteiger partial charge >= 0.3 is 0 Å². The number of nitrogens with one attached hydrogen (secondary N) is 1. The molecular formula is C38H38ClFN8O4S2. The molecule has 0 unspecified atom stereocenters. The van der Waals surface area contributed by atoms with Gasteiger partial charge in [0.15, 0.2) is 0 Å². The molecule has 5 heterocycles. The number of hydrogen-bond donors (Lipinski definition) is 1. The van der Waals surface area contributed by atoms with E-state index < -0.39 is 21.5 Å². The van der Waals surface area contributed by atoms with Gasteiger partial charge in [-0.2, -0.15) is 5.26 Å². The molecule has 0 bridgehead atoms. The fraction of sp³-hybridized carbons (Fsp3) is 0.368. The molecule has 1 aromatic carbocycles. The van der Waals surface area contributed by atoms with Crippen molar-refractivity contribution in [2.45, 2.75) is 52.6 Å². The first-order valence-corrected chi connectivity index (χ1v) is 20.5. The average molecular weight is 789 g/mol. The van der Waals surface area contributed by atoms with E-state index in [0.717, 1.165) is 32.5 Å². The van der Waals surface area contributed by atoms with Crippen LogP contribution in [0.25, 0.3) is 32.2 Å².